The maximum Gasteiger partial charge on any atom is 0.247 e. The Morgan fingerprint density at radius 2 is 2.26 bits per heavy atom. The number of nitrogens with zero attached hydrogens (tertiary/aromatic N) is 6. The van der Waals surface area contributed by atoms with E-state index in [0.717, 1.165) is 11.3 Å². The Bertz CT molecular complexity index is 748. The highest BCUT2D eigenvalue weighted by Gasteiger charge is 2.30. The van der Waals surface area contributed by atoms with Crippen LogP contribution in [0.4, 0.5) is 0 Å². The fraction of sp³-hybridized carbons (Fsp3) is 0.500. The van der Waals surface area contributed by atoms with Crippen LogP contribution in [0.25, 0.3) is 0 Å². The summed E-state index contributed by atoms with van der Waals surface area (Å²) in [5, 5.41) is 15.0. The molecule has 9 heteroatoms. The number of hydrogen-bond acceptors (Lipinski definition) is 5. The SMILES string of the molecule is Cc1cnn(CC(=O)NCc2nnn3c2CN(C)C(=O)C3C)c1. The largest absolute Gasteiger partial charge is 0.349 e. The van der Waals surface area contributed by atoms with E-state index in [9.17, 15) is 9.59 Å². The first-order valence-corrected chi connectivity index (χ1v) is 7.39. The second-order valence-corrected chi connectivity index (χ2v) is 5.79. The molecule has 1 aliphatic rings. The molecule has 0 saturated heterocycles. The summed E-state index contributed by atoms with van der Waals surface area (Å²) in [4.78, 5) is 25.5. The van der Waals surface area contributed by atoms with Gasteiger partial charge in [0.25, 0.3) is 0 Å². The maximum atomic E-state index is 12.0. The molecule has 2 aromatic rings. The van der Waals surface area contributed by atoms with E-state index in [1.54, 1.807) is 34.4 Å². The van der Waals surface area contributed by atoms with Gasteiger partial charge in [-0.25, -0.2) is 4.68 Å². The molecule has 0 fully saturated rings. The fourth-order valence-corrected chi connectivity index (χ4v) is 2.62. The molecule has 2 amide bonds. The molecule has 122 valence electrons. The molecule has 3 heterocycles. The van der Waals surface area contributed by atoms with Gasteiger partial charge in [-0.3, -0.25) is 14.3 Å². The highest BCUT2D eigenvalue weighted by atomic mass is 16.2. The summed E-state index contributed by atoms with van der Waals surface area (Å²) in [6.07, 6.45) is 3.51. The fourth-order valence-electron chi connectivity index (χ4n) is 2.62. The molecule has 0 spiro atoms. The molecule has 3 rings (SSSR count). The number of aromatic nitrogens is 5. The van der Waals surface area contributed by atoms with Gasteiger partial charge in [-0.2, -0.15) is 5.10 Å². The molecule has 1 aliphatic heterocycles. The first-order chi connectivity index (χ1) is 11.0. The summed E-state index contributed by atoms with van der Waals surface area (Å²) in [6.45, 7) is 4.59. The van der Waals surface area contributed by atoms with Crippen molar-refractivity contribution in [3.8, 4) is 0 Å². The van der Waals surface area contributed by atoms with Crippen LogP contribution in [0, 0.1) is 6.92 Å². The summed E-state index contributed by atoms with van der Waals surface area (Å²) >= 11 is 0. The lowest BCUT2D eigenvalue weighted by atomic mass is 10.2. The van der Waals surface area contributed by atoms with Gasteiger partial charge in [0.2, 0.25) is 11.8 Å². The van der Waals surface area contributed by atoms with E-state index in [-0.39, 0.29) is 30.9 Å². The summed E-state index contributed by atoms with van der Waals surface area (Å²) in [6, 6.07) is -0.368. The Labute approximate surface area is 133 Å². The Morgan fingerprint density at radius 3 is 2.96 bits per heavy atom. The third-order valence-electron chi connectivity index (χ3n) is 3.88. The quantitative estimate of drug-likeness (QED) is 0.830. The van der Waals surface area contributed by atoms with Crippen molar-refractivity contribution in [1.29, 1.82) is 0 Å². The summed E-state index contributed by atoms with van der Waals surface area (Å²) < 4.78 is 3.21. The summed E-state index contributed by atoms with van der Waals surface area (Å²) in [5.74, 6) is -0.143. The van der Waals surface area contributed by atoms with Crippen molar-refractivity contribution in [1.82, 2.24) is 35.0 Å². The Kier molecular flexibility index (Phi) is 3.85. The van der Waals surface area contributed by atoms with Crippen molar-refractivity contribution in [3.63, 3.8) is 0 Å². The van der Waals surface area contributed by atoms with Gasteiger partial charge in [0.15, 0.2) is 0 Å². The molecule has 1 unspecified atom stereocenters. The minimum absolute atomic E-state index is 0.00652. The second-order valence-electron chi connectivity index (χ2n) is 5.79. The van der Waals surface area contributed by atoms with Crippen LogP contribution in [0.15, 0.2) is 12.4 Å². The standard InChI is InChI=1S/C14H19N7O2/c1-9-4-16-20(6-9)8-13(22)15-5-11-12-7-19(3)14(23)10(2)21(12)18-17-11/h4,6,10H,5,7-8H2,1-3H3,(H,15,22). The predicted molar refractivity (Wildman–Crippen MR) is 80.0 cm³/mol. The third kappa shape index (κ3) is 2.94. The van der Waals surface area contributed by atoms with E-state index < -0.39 is 0 Å². The second kappa shape index (κ2) is 5.82. The number of carbonyl (C=O) groups is 2. The van der Waals surface area contributed by atoms with Crippen LogP contribution in [0.1, 0.15) is 29.9 Å². The van der Waals surface area contributed by atoms with Gasteiger partial charge >= 0.3 is 0 Å². The number of amides is 2. The van der Waals surface area contributed by atoms with E-state index in [4.69, 9.17) is 0 Å². The molecule has 23 heavy (non-hydrogen) atoms. The first-order valence-electron chi connectivity index (χ1n) is 7.39. The number of carbonyl (C=O) groups excluding carboxylic acids is 2. The van der Waals surface area contributed by atoms with E-state index in [1.807, 2.05) is 13.1 Å². The van der Waals surface area contributed by atoms with Crippen molar-refractivity contribution in [2.75, 3.05) is 7.05 Å². The normalized spacial score (nSPS) is 17.3. The Hall–Kier alpha value is -2.71. The van der Waals surface area contributed by atoms with Crippen LogP contribution in [0.2, 0.25) is 0 Å². The third-order valence-corrected chi connectivity index (χ3v) is 3.88. The number of rotatable bonds is 4. The van der Waals surface area contributed by atoms with Crippen LogP contribution in [-0.4, -0.2) is 48.5 Å². The molecule has 1 atom stereocenters. The van der Waals surface area contributed by atoms with Crippen molar-refractivity contribution in [2.24, 2.45) is 0 Å². The molecule has 0 bridgehead atoms. The number of likely N-dealkylation sites (N-methyl/N-ethyl adjacent to an activating group) is 1. The number of aryl methyl sites for hydroxylation is 1. The van der Waals surface area contributed by atoms with Gasteiger partial charge < -0.3 is 10.2 Å². The number of nitrogens with one attached hydrogen (secondary N) is 1. The lowest BCUT2D eigenvalue weighted by molar-refractivity contribution is -0.135. The zero-order valence-electron chi connectivity index (χ0n) is 13.4. The van der Waals surface area contributed by atoms with E-state index >= 15 is 0 Å². The summed E-state index contributed by atoms with van der Waals surface area (Å²) in [7, 11) is 1.75. The minimum Gasteiger partial charge on any atom is -0.349 e. The average molecular weight is 317 g/mol. The van der Waals surface area contributed by atoms with E-state index in [0.29, 0.717) is 12.2 Å². The molecule has 0 saturated carbocycles. The van der Waals surface area contributed by atoms with Crippen molar-refractivity contribution >= 4 is 11.8 Å². The van der Waals surface area contributed by atoms with Crippen LogP contribution in [0.3, 0.4) is 0 Å². The van der Waals surface area contributed by atoms with Gasteiger partial charge in [-0.1, -0.05) is 5.21 Å². The van der Waals surface area contributed by atoms with E-state index in [2.05, 4.69) is 20.7 Å². The lowest BCUT2D eigenvalue weighted by Crippen LogP contribution is -2.39. The average Bonchev–Trinajstić information content (AvgIpc) is 3.09. The Morgan fingerprint density at radius 1 is 1.48 bits per heavy atom. The number of hydrogen-bond donors (Lipinski definition) is 1. The molecule has 1 N–H and O–H groups in total. The molecule has 0 aliphatic carbocycles. The topological polar surface area (TPSA) is 97.9 Å². The lowest BCUT2D eigenvalue weighted by Gasteiger charge is -2.28. The highest BCUT2D eigenvalue weighted by Crippen LogP contribution is 2.21. The van der Waals surface area contributed by atoms with Crippen LogP contribution >= 0.6 is 0 Å². The van der Waals surface area contributed by atoms with Gasteiger partial charge in [-0.15, -0.1) is 5.10 Å². The van der Waals surface area contributed by atoms with E-state index in [1.165, 1.54) is 0 Å². The van der Waals surface area contributed by atoms with Crippen LogP contribution in [0.5, 0.6) is 0 Å². The zero-order valence-corrected chi connectivity index (χ0v) is 13.4. The molecular formula is C14H19N7O2. The molecule has 2 aromatic heterocycles. The smallest absolute Gasteiger partial charge is 0.247 e. The van der Waals surface area contributed by atoms with Crippen LogP contribution < -0.4 is 5.32 Å². The zero-order chi connectivity index (χ0) is 16.6. The Balaban J connectivity index is 1.64. The van der Waals surface area contributed by atoms with Gasteiger partial charge in [0, 0.05) is 13.2 Å². The minimum atomic E-state index is -0.368. The molecular weight excluding hydrogens is 298 g/mol. The molecule has 0 aromatic carbocycles. The van der Waals surface area contributed by atoms with Gasteiger partial charge in [0.05, 0.1) is 25.0 Å². The molecule has 9 nitrogen and oxygen atoms in total. The number of fused-ring (bicyclic) bond motifs is 1. The first kappa shape index (κ1) is 15.2. The van der Waals surface area contributed by atoms with Gasteiger partial charge in [-0.05, 0) is 19.4 Å². The van der Waals surface area contributed by atoms with Crippen LogP contribution in [-0.2, 0) is 29.2 Å². The van der Waals surface area contributed by atoms with Crippen molar-refractivity contribution in [2.45, 2.75) is 39.5 Å². The monoisotopic (exact) mass is 317 g/mol. The molecule has 0 radical (unpaired) electrons. The van der Waals surface area contributed by atoms with Crippen molar-refractivity contribution in [3.05, 3.63) is 29.3 Å². The maximum absolute atomic E-state index is 12.0. The predicted octanol–water partition coefficient (Wildman–Crippen LogP) is -0.368. The van der Waals surface area contributed by atoms with Crippen molar-refractivity contribution < 1.29 is 9.59 Å². The summed E-state index contributed by atoms with van der Waals surface area (Å²) in [5.41, 5.74) is 2.54. The highest BCUT2D eigenvalue weighted by molar-refractivity contribution is 5.80. The van der Waals surface area contributed by atoms with Gasteiger partial charge in [0.1, 0.15) is 18.3 Å².